The minimum atomic E-state index is -0.325. The molecule has 0 saturated carbocycles. The molecule has 1 aromatic carbocycles. The largest absolute Gasteiger partial charge is 0.385 e. The van der Waals surface area contributed by atoms with Crippen molar-refractivity contribution in [3.8, 4) is 0 Å². The Hall–Kier alpha value is -2.73. The van der Waals surface area contributed by atoms with Crippen molar-refractivity contribution >= 4 is 17.5 Å². The average molecular weight is 398 g/mol. The number of rotatable bonds is 9. The molecule has 29 heavy (non-hydrogen) atoms. The van der Waals surface area contributed by atoms with Gasteiger partial charge in [-0.05, 0) is 41.5 Å². The van der Waals surface area contributed by atoms with Crippen molar-refractivity contribution < 1.29 is 14.3 Å². The van der Waals surface area contributed by atoms with E-state index in [2.05, 4.69) is 43.3 Å². The molecule has 2 amide bonds. The zero-order chi connectivity index (χ0) is 21.4. The maximum Gasteiger partial charge on any atom is 0.274 e. The third-order valence-electron chi connectivity index (χ3n) is 4.64. The van der Waals surface area contributed by atoms with Gasteiger partial charge in [0.2, 0.25) is 0 Å². The van der Waals surface area contributed by atoms with Crippen LogP contribution in [-0.2, 0) is 4.74 Å². The number of anilines is 1. The van der Waals surface area contributed by atoms with Crippen LogP contribution in [0, 0.1) is 0 Å². The molecule has 0 aliphatic rings. The van der Waals surface area contributed by atoms with Crippen LogP contribution in [0.25, 0.3) is 0 Å². The standard InChI is InChI=1S/C23H31N3O3/c1-15(2)17-9-6-10-18(16(3)4)21(17)26-23(28)20-12-7-11-19(25-20)22(27)24-13-8-14-29-5/h6-7,9-12,15-16H,8,13-14H2,1-5H3,(H,24,27)(H,26,28). The smallest absolute Gasteiger partial charge is 0.274 e. The lowest BCUT2D eigenvalue weighted by molar-refractivity contribution is 0.0943. The van der Waals surface area contributed by atoms with E-state index in [1.54, 1.807) is 25.3 Å². The second-order valence-electron chi connectivity index (χ2n) is 7.59. The molecule has 2 N–H and O–H groups in total. The summed E-state index contributed by atoms with van der Waals surface area (Å²) in [6, 6.07) is 11.0. The molecule has 2 rings (SSSR count). The molecule has 0 radical (unpaired) electrons. The monoisotopic (exact) mass is 397 g/mol. The second kappa shape index (κ2) is 10.7. The van der Waals surface area contributed by atoms with Crippen molar-refractivity contribution in [2.75, 3.05) is 25.6 Å². The lowest BCUT2D eigenvalue weighted by atomic mass is 9.92. The van der Waals surface area contributed by atoms with E-state index in [9.17, 15) is 9.59 Å². The summed E-state index contributed by atoms with van der Waals surface area (Å²) in [5.74, 6) is -0.0995. The van der Waals surface area contributed by atoms with Crippen LogP contribution in [0.1, 0.15) is 78.1 Å². The highest BCUT2D eigenvalue weighted by molar-refractivity contribution is 6.04. The van der Waals surface area contributed by atoms with Crippen molar-refractivity contribution in [1.82, 2.24) is 10.3 Å². The van der Waals surface area contributed by atoms with Gasteiger partial charge < -0.3 is 15.4 Å². The lowest BCUT2D eigenvalue weighted by Crippen LogP contribution is -2.27. The van der Waals surface area contributed by atoms with E-state index >= 15 is 0 Å². The zero-order valence-electron chi connectivity index (χ0n) is 17.9. The number of pyridine rings is 1. The van der Waals surface area contributed by atoms with Gasteiger partial charge in [0.25, 0.3) is 11.8 Å². The fourth-order valence-corrected chi connectivity index (χ4v) is 3.07. The third kappa shape index (κ3) is 6.12. The van der Waals surface area contributed by atoms with Crippen LogP contribution in [0.2, 0.25) is 0 Å². The summed E-state index contributed by atoms with van der Waals surface area (Å²) in [6.45, 7) is 9.46. The molecule has 2 aromatic rings. The molecule has 156 valence electrons. The number of benzene rings is 1. The van der Waals surface area contributed by atoms with E-state index in [0.717, 1.165) is 16.8 Å². The Balaban J connectivity index is 2.21. The fourth-order valence-electron chi connectivity index (χ4n) is 3.07. The minimum Gasteiger partial charge on any atom is -0.385 e. The van der Waals surface area contributed by atoms with Crippen LogP contribution >= 0.6 is 0 Å². The molecule has 0 spiro atoms. The molecule has 1 aromatic heterocycles. The highest BCUT2D eigenvalue weighted by atomic mass is 16.5. The van der Waals surface area contributed by atoms with Gasteiger partial charge in [-0.15, -0.1) is 0 Å². The number of hydrogen-bond donors (Lipinski definition) is 2. The molecule has 0 bridgehead atoms. The maximum absolute atomic E-state index is 12.9. The molecule has 6 nitrogen and oxygen atoms in total. The Labute approximate surface area is 173 Å². The maximum atomic E-state index is 12.9. The molecular weight excluding hydrogens is 366 g/mol. The summed E-state index contributed by atoms with van der Waals surface area (Å²) >= 11 is 0. The van der Waals surface area contributed by atoms with E-state index in [-0.39, 0.29) is 35.0 Å². The number of para-hydroxylation sites is 1. The molecule has 0 unspecified atom stereocenters. The first-order valence-electron chi connectivity index (χ1n) is 10.0. The van der Waals surface area contributed by atoms with Crippen LogP contribution in [0.3, 0.4) is 0 Å². The van der Waals surface area contributed by atoms with Crippen molar-refractivity contribution in [3.05, 3.63) is 58.9 Å². The summed E-state index contributed by atoms with van der Waals surface area (Å²) in [6.07, 6.45) is 0.715. The van der Waals surface area contributed by atoms with E-state index in [0.29, 0.717) is 19.6 Å². The number of nitrogens with zero attached hydrogens (tertiary/aromatic N) is 1. The minimum absolute atomic E-state index is 0.211. The van der Waals surface area contributed by atoms with Gasteiger partial charge in [0.1, 0.15) is 11.4 Å². The number of ether oxygens (including phenoxy) is 1. The fraction of sp³-hybridized carbons (Fsp3) is 0.435. The second-order valence-corrected chi connectivity index (χ2v) is 7.59. The Bertz CT molecular complexity index is 821. The average Bonchev–Trinajstić information content (AvgIpc) is 2.70. The van der Waals surface area contributed by atoms with Crippen LogP contribution in [0.4, 0.5) is 5.69 Å². The van der Waals surface area contributed by atoms with Crippen molar-refractivity contribution in [2.24, 2.45) is 0 Å². The molecule has 6 heteroatoms. The van der Waals surface area contributed by atoms with Gasteiger partial charge in [-0.25, -0.2) is 4.98 Å². The highest BCUT2D eigenvalue weighted by Crippen LogP contribution is 2.32. The molecule has 0 aliphatic heterocycles. The lowest BCUT2D eigenvalue weighted by Gasteiger charge is -2.20. The Morgan fingerprint density at radius 2 is 1.48 bits per heavy atom. The first-order valence-corrected chi connectivity index (χ1v) is 10.0. The van der Waals surface area contributed by atoms with Crippen molar-refractivity contribution in [2.45, 2.75) is 46.0 Å². The predicted octanol–water partition coefficient (Wildman–Crippen LogP) is 4.35. The Morgan fingerprint density at radius 1 is 0.931 bits per heavy atom. The van der Waals surface area contributed by atoms with Gasteiger partial charge in [-0.3, -0.25) is 9.59 Å². The normalized spacial score (nSPS) is 11.0. The Kier molecular flexibility index (Phi) is 8.34. The summed E-state index contributed by atoms with van der Waals surface area (Å²) < 4.78 is 4.97. The number of hydrogen-bond acceptors (Lipinski definition) is 4. The van der Waals surface area contributed by atoms with Gasteiger partial charge in [0, 0.05) is 25.9 Å². The highest BCUT2D eigenvalue weighted by Gasteiger charge is 2.18. The van der Waals surface area contributed by atoms with Crippen molar-refractivity contribution in [1.29, 1.82) is 0 Å². The van der Waals surface area contributed by atoms with Crippen LogP contribution in [-0.4, -0.2) is 37.1 Å². The number of carbonyl (C=O) groups excluding carboxylic acids is 2. The number of carbonyl (C=O) groups is 2. The number of methoxy groups -OCH3 is 1. The van der Waals surface area contributed by atoms with Gasteiger partial charge in [0.05, 0.1) is 0 Å². The van der Waals surface area contributed by atoms with Crippen molar-refractivity contribution in [3.63, 3.8) is 0 Å². The Morgan fingerprint density at radius 3 is 2.03 bits per heavy atom. The summed E-state index contributed by atoms with van der Waals surface area (Å²) in [5, 5.41) is 5.82. The molecule has 0 aliphatic carbocycles. The summed E-state index contributed by atoms with van der Waals surface area (Å²) in [4.78, 5) is 29.5. The van der Waals surface area contributed by atoms with E-state index < -0.39 is 0 Å². The third-order valence-corrected chi connectivity index (χ3v) is 4.64. The van der Waals surface area contributed by atoms with Crippen LogP contribution < -0.4 is 10.6 Å². The summed E-state index contributed by atoms with van der Waals surface area (Å²) in [5.41, 5.74) is 3.42. The SMILES string of the molecule is COCCCNC(=O)c1cccc(C(=O)Nc2c(C(C)C)cccc2C(C)C)n1. The molecule has 0 saturated heterocycles. The van der Waals surface area contributed by atoms with Gasteiger partial charge >= 0.3 is 0 Å². The molecule has 1 heterocycles. The zero-order valence-corrected chi connectivity index (χ0v) is 17.9. The van der Waals surface area contributed by atoms with E-state index in [4.69, 9.17) is 4.74 Å². The van der Waals surface area contributed by atoms with E-state index in [1.807, 2.05) is 18.2 Å². The number of amides is 2. The molecular formula is C23H31N3O3. The predicted molar refractivity (Wildman–Crippen MR) is 116 cm³/mol. The first kappa shape index (κ1) is 22.6. The van der Waals surface area contributed by atoms with Gasteiger partial charge in [-0.1, -0.05) is 52.0 Å². The van der Waals surface area contributed by atoms with E-state index in [1.165, 1.54) is 0 Å². The van der Waals surface area contributed by atoms with Gasteiger partial charge in [-0.2, -0.15) is 0 Å². The topological polar surface area (TPSA) is 80.3 Å². The van der Waals surface area contributed by atoms with Crippen LogP contribution in [0.15, 0.2) is 36.4 Å². The van der Waals surface area contributed by atoms with Gasteiger partial charge in [0.15, 0.2) is 0 Å². The summed E-state index contributed by atoms with van der Waals surface area (Å²) in [7, 11) is 1.62. The first-order chi connectivity index (χ1) is 13.8. The molecule has 0 fully saturated rings. The number of aromatic nitrogens is 1. The molecule has 0 atom stereocenters. The quantitative estimate of drug-likeness (QED) is 0.617. The van der Waals surface area contributed by atoms with Crippen LogP contribution in [0.5, 0.6) is 0 Å². The number of nitrogens with one attached hydrogen (secondary N) is 2.